The maximum Gasteiger partial charge on any atom is 0.223 e. The Morgan fingerprint density at radius 2 is 2.00 bits per heavy atom. The molecule has 1 saturated heterocycles. The van der Waals surface area contributed by atoms with Crippen LogP contribution in [0.3, 0.4) is 0 Å². The molecule has 3 heteroatoms. The largest absolute Gasteiger partial charge is 0.336 e. The van der Waals surface area contributed by atoms with Crippen molar-refractivity contribution in [3.63, 3.8) is 0 Å². The van der Waals surface area contributed by atoms with Gasteiger partial charge in [0.1, 0.15) is 0 Å². The molecule has 2 aliphatic rings. The Bertz CT molecular complexity index is 462. The van der Waals surface area contributed by atoms with Crippen molar-refractivity contribution in [1.29, 1.82) is 0 Å². The van der Waals surface area contributed by atoms with Gasteiger partial charge in [-0.05, 0) is 43.2 Å². The standard InChI is InChI=1S/C17H24N2O/c18-13-17(9-5-10-17)12-16(20)19-11-4-8-15(19)14-6-2-1-3-7-14/h1-3,6-7,15H,4-5,8-13,18H2. The molecule has 1 unspecified atom stereocenters. The van der Waals surface area contributed by atoms with Crippen LogP contribution in [0.2, 0.25) is 0 Å². The highest BCUT2D eigenvalue weighted by molar-refractivity contribution is 5.78. The molecule has 1 aliphatic carbocycles. The average molecular weight is 272 g/mol. The number of rotatable bonds is 4. The van der Waals surface area contributed by atoms with Crippen LogP contribution in [0, 0.1) is 5.41 Å². The molecule has 1 aromatic carbocycles. The molecule has 1 atom stereocenters. The van der Waals surface area contributed by atoms with Crippen molar-refractivity contribution in [3.8, 4) is 0 Å². The lowest BCUT2D eigenvalue weighted by atomic mass is 9.66. The highest BCUT2D eigenvalue weighted by Crippen LogP contribution is 2.44. The fourth-order valence-electron chi connectivity index (χ4n) is 3.64. The van der Waals surface area contributed by atoms with Gasteiger partial charge >= 0.3 is 0 Å². The normalized spacial score (nSPS) is 24.4. The third-order valence-corrected chi connectivity index (χ3v) is 5.13. The van der Waals surface area contributed by atoms with Crippen molar-refractivity contribution < 1.29 is 4.79 Å². The molecular formula is C17H24N2O. The van der Waals surface area contributed by atoms with Crippen LogP contribution in [0.5, 0.6) is 0 Å². The Morgan fingerprint density at radius 1 is 1.25 bits per heavy atom. The zero-order valence-corrected chi connectivity index (χ0v) is 12.1. The summed E-state index contributed by atoms with van der Waals surface area (Å²) in [7, 11) is 0. The van der Waals surface area contributed by atoms with E-state index in [1.54, 1.807) is 0 Å². The maximum absolute atomic E-state index is 12.7. The maximum atomic E-state index is 12.7. The summed E-state index contributed by atoms with van der Waals surface area (Å²) in [4.78, 5) is 14.8. The number of carbonyl (C=O) groups excluding carboxylic acids is 1. The first-order chi connectivity index (χ1) is 9.74. The number of carbonyl (C=O) groups is 1. The quantitative estimate of drug-likeness (QED) is 0.916. The highest BCUT2D eigenvalue weighted by atomic mass is 16.2. The number of likely N-dealkylation sites (tertiary alicyclic amines) is 1. The van der Waals surface area contributed by atoms with Crippen molar-refractivity contribution in [1.82, 2.24) is 4.90 Å². The lowest BCUT2D eigenvalue weighted by Gasteiger charge is -2.41. The minimum Gasteiger partial charge on any atom is -0.336 e. The third kappa shape index (κ3) is 2.47. The number of amides is 1. The van der Waals surface area contributed by atoms with Crippen LogP contribution in [0.15, 0.2) is 30.3 Å². The first-order valence-corrected chi connectivity index (χ1v) is 7.79. The summed E-state index contributed by atoms with van der Waals surface area (Å²) >= 11 is 0. The molecule has 1 aliphatic heterocycles. The van der Waals surface area contributed by atoms with Gasteiger partial charge in [-0.15, -0.1) is 0 Å². The SMILES string of the molecule is NCC1(CC(=O)N2CCCC2c2ccccc2)CCC1. The summed E-state index contributed by atoms with van der Waals surface area (Å²) in [6.45, 7) is 1.56. The Hall–Kier alpha value is -1.35. The van der Waals surface area contributed by atoms with E-state index in [9.17, 15) is 4.79 Å². The second kappa shape index (κ2) is 5.57. The Morgan fingerprint density at radius 3 is 2.60 bits per heavy atom. The van der Waals surface area contributed by atoms with Crippen LogP contribution in [0.25, 0.3) is 0 Å². The Labute approximate surface area is 121 Å². The van der Waals surface area contributed by atoms with Crippen molar-refractivity contribution in [2.75, 3.05) is 13.1 Å². The molecule has 0 bridgehead atoms. The van der Waals surface area contributed by atoms with E-state index in [4.69, 9.17) is 5.73 Å². The summed E-state index contributed by atoms with van der Waals surface area (Å²) in [5.41, 5.74) is 7.27. The third-order valence-electron chi connectivity index (χ3n) is 5.13. The molecule has 0 aromatic heterocycles. The lowest BCUT2D eigenvalue weighted by Crippen LogP contribution is -2.43. The van der Waals surface area contributed by atoms with Crippen LogP contribution in [-0.4, -0.2) is 23.9 Å². The molecule has 1 amide bonds. The molecule has 0 radical (unpaired) electrons. The van der Waals surface area contributed by atoms with Crippen molar-refractivity contribution in [2.24, 2.45) is 11.1 Å². The van der Waals surface area contributed by atoms with E-state index in [0.717, 1.165) is 32.2 Å². The van der Waals surface area contributed by atoms with Gasteiger partial charge in [-0.2, -0.15) is 0 Å². The predicted molar refractivity (Wildman–Crippen MR) is 80.1 cm³/mol. The van der Waals surface area contributed by atoms with E-state index in [1.165, 1.54) is 12.0 Å². The number of nitrogens with two attached hydrogens (primary N) is 1. The summed E-state index contributed by atoms with van der Waals surface area (Å²) < 4.78 is 0. The number of nitrogens with zero attached hydrogens (tertiary/aromatic N) is 1. The first-order valence-electron chi connectivity index (χ1n) is 7.79. The van der Waals surface area contributed by atoms with Gasteiger partial charge in [0.05, 0.1) is 6.04 Å². The Kier molecular flexibility index (Phi) is 3.79. The summed E-state index contributed by atoms with van der Waals surface area (Å²) in [6, 6.07) is 10.7. The molecule has 0 spiro atoms. The fraction of sp³-hybridized carbons (Fsp3) is 0.588. The number of benzene rings is 1. The monoisotopic (exact) mass is 272 g/mol. The van der Waals surface area contributed by atoms with Crippen LogP contribution in [0.4, 0.5) is 0 Å². The van der Waals surface area contributed by atoms with Crippen LogP contribution in [-0.2, 0) is 4.79 Å². The minimum atomic E-state index is 0.112. The zero-order valence-electron chi connectivity index (χ0n) is 12.1. The molecule has 3 rings (SSSR count). The van der Waals surface area contributed by atoms with Gasteiger partial charge in [0.15, 0.2) is 0 Å². The molecule has 20 heavy (non-hydrogen) atoms. The molecule has 108 valence electrons. The van der Waals surface area contributed by atoms with Crippen LogP contribution < -0.4 is 5.73 Å². The van der Waals surface area contributed by atoms with Gasteiger partial charge in [-0.1, -0.05) is 36.8 Å². The topological polar surface area (TPSA) is 46.3 Å². The Balaban J connectivity index is 1.70. The average Bonchev–Trinajstić information content (AvgIpc) is 2.93. The van der Waals surface area contributed by atoms with E-state index >= 15 is 0 Å². The lowest BCUT2D eigenvalue weighted by molar-refractivity contribution is -0.136. The van der Waals surface area contributed by atoms with E-state index in [0.29, 0.717) is 18.9 Å². The number of hydrogen-bond acceptors (Lipinski definition) is 2. The second-order valence-electron chi connectivity index (χ2n) is 6.39. The smallest absolute Gasteiger partial charge is 0.223 e. The molecule has 1 aromatic rings. The molecule has 2 N–H and O–H groups in total. The second-order valence-corrected chi connectivity index (χ2v) is 6.39. The van der Waals surface area contributed by atoms with E-state index in [-0.39, 0.29) is 11.5 Å². The van der Waals surface area contributed by atoms with Gasteiger partial charge in [0, 0.05) is 13.0 Å². The predicted octanol–water partition coefficient (Wildman–Crippen LogP) is 2.87. The van der Waals surface area contributed by atoms with Crippen molar-refractivity contribution in [3.05, 3.63) is 35.9 Å². The minimum absolute atomic E-state index is 0.112. The molecule has 2 fully saturated rings. The number of hydrogen-bond donors (Lipinski definition) is 1. The van der Waals surface area contributed by atoms with Crippen LogP contribution >= 0.6 is 0 Å². The first kappa shape index (κ1) is 13.6. The molecule has 3 nitrogen and oxygen atoms in total. The zero-order chi connectivity index (χ0) is 14.0. The summed E-state index contributed by atoms with van der Waals surface area (Å²) in [5, 5.41) is 0. The molecule has 1 saturated carbocycles. The van der Waals surface area contributed by atoms with E-state index in [2.05, 4.69) is 29.2 Å². The van der Waals surface area contributed by atoms with Gasteiger partial charge in [0.25, 0.3) is 0 Å². The molecular weight excluding hydrogens is 248 g/mol. The molecule has 1 heterocycles. The van der Waals surface area contributed by atoms with Gasteiger partial charge in [-0.25, -0.2) is 0 Å². The summed E-state index contributed by atoms with van der Waals surface area (Å²) in [6.07, 6.45) is 6.32. The van der Waals surface area contributed by atoms with Gasteiger partial charge in [-0.3, -0.25) is 4.79 Å². The van der Waals surface area contributed by atoms with Crippen molar-refractivity contribution >= 4 is 5.91 Å². The fourth-order valence-corrected chi connectivity index (χ4v) is 3.64. The van der Waals surface area contributed by atoms with Gasteiger partial charge < -0.3 is 10.6 Å². The van der Waals surface area contributed by atoms with E-state index < -0.39 is 0 Å². The summed E-state index contributed by atoms with van der Waals surface area (Å²) in [5.74, 6) is 0.307. The van der Waals surface area contributed by atoms with Crippen LogP contribution in [0.1, 0.15) is 50.1 Å². The van der Waals surface area contributed by atoms with Gasteiger partial charge in [0.2, 0.25) is 5.91 Å². The van der Waals surface area contributed by atoms with Crippen molar-refractivity contribution in [2.45, 2.75) is 44.6 Å². The highest BCUT2D eigenvalue weighted by Gasteiger charge is 2.40. The van der Waals surface area contributed by atoms with E-state index in [1.807, 2.05) is 6.07 Å².